The van der Waals surface area contributed by atoms with Gasteiger partial charge in [-0.15, -0.1) is 0 Å². The lowest BCUT2D eigenvalue weighted by Gasteiger charge is -2.21. The average Bonchev–Trinajstić information content (AvgIpc) is 2.26. The molecule has 0 aliphatic rings. The minimum atomic E-state index is -0.156. The highest BCUT2D eigenvalue weighted by Crippen LogP contribution is 2.31. The van der Waals surface area contributed by atoms with Crippen LogP contribution >= 0.6 is 0 Å². The molecule has 0 radical (unpaired) electrons. The van der Waals surface area contributed by atoms with E-state index in [9.17, 15) is 4.79 Å². The molecule has 1 unspecified atom stereocenters. The summed E-state index contributed by atoms with van der Waals surface area (Å²) in [7, 11) is 1.59. The molecule has 3 N–H and O–H groups in total. The van der Waals surface area contributed by atoms with E-state index < -0.39 is 0 Å². The van der Waals surface area contributed by atoms with Gasteiger partial charge in [0.25, 0.3) is 0 Å². The van der Waals surface area contributed by atoms with E-state index in [1.54, 1.807) is 7.11 Å². The third kappa shape index (κ3) is 4.56. The Bertz CT molecular complexity index is 448. The molecule has 1 aromatic carbocycles. The van der Waals surface area contributed by atoms with Crippen molar-refractivity contribution in [1.82, 2.24) is 0 Å². The smallest absolute Gasteiger partial charge is 0.226 e. The topological polar surface area (TPSA) is 64.3 Å². The summed E-state index contributed by atoms with van der Waals surface area (Å²) in [4.78, 5) is 11.8. The Morgan fingerprint density at radius 2 is 2.05 bits per heavy atom. The number of amides is 1. The Hall–Kier alpha value is -1.55. The molecule has 1 rings (SSSR count). The third-order valence-corrected chi connectivity index (χ3v) is 2.85. The molecule has 4 nitrogen and oxygen atoms in total. The molecular weight excluding hydrogens is 240 g/mol. The number of ether oxygens (including phenoxy) is 1. The minimum Gasteiger partial charge on any atom is -0.495 e. The fraction of sp³-hybridized carbons (Fsp3) is 0.533. The Balaban J connectivity index is 3.00. The van der Waals surface area contributed by atoms with Gasteiger partial charge in [0.15, 0.2) is 0 Å². The van der Waals surface area contributed by atoms with Gasteiger partial charge in [0.2, 0.25) is 5.91 Å². The molecular formula is C15H24N2O2. The Labute approximate surface area is 115 Å². The van der Waals surface area contributed by atoms with Gasteiger partial charge in [-0.25, -0.2) is 0 Å². The third-order valence-electron chi connectivity index (χ3n) is 2.85. The van der Waals surface area contributed by atoms with Crippen molar-refractivity contribution in [3.05, 3.63) is 23.8 Å². The van der Waals surface area contributed by atoms with Crippen LogP contribution in [0.3, 0.4) is 0 Å². The van der Waals surface area contributed by atoms with E-state index >= 15 is 0 Å². The number of benzene rings is 1. The fourth-order valence-corrected chi connectivity index (χ4v) is 1.77. The zero-order valence-corrected chi connectivity index (χ0v) is 12.4. The molecule has 0 aliphatic heterocycles. The van der Waals surface area contributed by atoms with Crippen LogP contribution in [0.2, 0.25) is 0 Å². The molecule has 0 heterocycles. The maximum atomic E-state index is 11.8. The number of anilines is 1. The predicted molar refractivity (Wildman–Crippen MR) is 78.6 cm³/mol. The summed E-state index contributed by atoms with van der Waals surface area (Å²) in [6.07, 6.45) is 0.295. The van der Waals surface area contributed by atoms with E-state index in [2.05, 4.69) is 26.1 Å². The molecule has 1 amide bonds. The number of rotatable bonds is 4. The van der Waals surface area contributed by atoms with Gasteiger partial charge in [-0.05, 0) is 30.0 Å². The molecule has 1 aromatic rings. The summed E-state index contributed by atoms with van der Waals surface area (Å²) >= 11 is 0. The molecule has 4 heteroatoms. The van der Waals surface area contributed by atoms with Crippen molar-refractivity contribution >= 4 is 11.6 Å². The van der Waals surface area contributed by atoms with Gasteiger partial charge in [-0.1, -0.05) is 26.8 Å². The van der Waals surface area contributed by atoms with E-state index in [-0.39, 0.29) is 17.4 Å². The molecule has 19 heavy (non-hydrogen) atoms. The molecule has 0 aromatic heterocycles. The first-order chi connectivity index (χ1) is 8.74. The largest absolute Gasteiger partial charge is 0.495 e. The Morgan fingerprint density at radius 3 is 2.53 bits per heavy atom. The van der Waals surface area contributed by atoms with Gasteiger partial charge >= 0.3 is 0 Å². The quantitative estimate of drug-likeness (QED) is 0.878. The second-order valence-electron chi connectivity index (χ2n) is 5.89. The first kappa shape index (κ1) is 15.5. The van der Waals surface area contributed by atoms with Crippen LogP contribution in [0.1, 0.15) is 39.7 Å². The summed E-state index contributed by atoms with van der Waals surface area (Å²) in [5.74, 6) is 0.561. The number of nitrogens with two attached hydrogens (primary N) is 1. The van der Waals surface area contributed by atoms with Gasteiger partial charge in [0.05, 0.1) is 12.8 Å². The second-order valence-corrected chi connectivity index (χ2v) is 5.89. The van der Waals surface area contributed by atoms with Gasteiger partial charge in [-0.3, -0.25) is 4.79 Å². The highest BCUT2D eigenvalue weighted by Gasteiger charge is 2.17. The molecule has 0 aliphatic carbocycles. The number of carbonyl (C=O) groups is 1. The number of hydrogen-bond acceptors (Lipinski definition) is 3. The average molecular weight is 264 g/mol. The van der Waals surface area contributed by atoms with Gasteiger partial charge in [0, 0.05) is 12.5 Å². The monoisotopic (exact) mass is 264 g/mol. The lowest BCUT2D eigenvalue weighted by molar-refractivity contribution is -0.116. The predicted octanol–water partition coefficient (Wildman–Crippen LogP) is 2.67. The SMILES string of the molecule is COc1ccc(C(C)(C)C)cc1NC(=O)CC(C)N. The lowest BCUT2D eigenvalue weighted by atomic mass is 9.87. The van der Waals surface area contributed by atoms with Crippen molar-refractivity contribution in [1.29, 1.82) is 0 Å². The van der Waals surface area contributed by atoms with E-state index in [0.29, 0.717) is 17.9 Å². The van der Waals surface area contributed by atoms with Crippen LogP contribution in [0, 0.1) is 0 Å². The van der Waals surface area contributed by atoms with Gasteiger partial charge < -0.3 is 15.8 Å². The number of nitrogens with one attached hydrogen (secondary N) is 1. The van der Waals surface area contributed by atoms with Crippen LogP contribution in [0.4, 0.5) is 5.69 Å². The van der Waals surface area contributed by atoms with E-state index in [4.69, 9.17) is 10.5 Å². The molecule has 1 atom stereocenters. The van der Waals surface area contributed by atoms with E-state index in [1.165, 1.54) is 0 Å². The zero-order valence-electron chi connectivity index (χ0n) is 12.4. The van der Waals surface area contributed by atoms with Crippen molar-refractivity contribution in [3.63, 3.8) is 0 Å². The highest BCUT2D eigenvalue weighted by molar-refractivity contribution is 5.92. The van der Waals surface area contributed by atoms with Crippen LogP contribution < -0.4 is 15.8 Å². The first-order valence-electron chi connectivity index (χ1n) is 6.48. The summed E-state index contributed by atoms with van der Waals surface area (Å²) in [6, 6.07) is 5.69. The molecule has 0 saturated heterocycles. The molecule has 0 bridgehead atoms. The molecule has 106 valence electrons. The summed E-state index contributed by atoms with van der Waals surface area (Å²) in [6.45, 7) is 8.19. The lowest BCUT2D eigenvalue weighted by Crippen LogP contribution is -2.24. The maximum Gasteiger partial charge on any atom is 0.226 e. The van der Waals surface area contributed by atoms with Crippen molar-refractivity contribution in [2.75, 3.05) is 12.4 Å². The Kier molecular flexibility index (Phi) is 4.95. The van der Waals surface area contributed by atoms with Crippen LogP contribution in [0.25, 0.3) is 0 Å². The van der Waals surface area contributed by atoms with Crippen molar-refractivity contribution < 1.29 is 9.53 Å². The van der Waals surface area contributed by atoms with E-state index in [0.717, 1.165) is 5.56 Å². The van der Waals surface area contributed by atoms with Crippen LogP contribution in [-0.4, -0.2) is 19.1 Å². The second kappa shape index (κ2) is 6.06. The van der Waals surface area contributed by atoms with Gasteiger partial charge in [0.1, 0.15) is 5.75 Å². The molecule has 0 saturated carbocycles. The summed E-state index contributed by atoms with van der Waals surface area (Å²) < 4.78 is 5.27. The minimum absolute atomic E-state index is 0.0207. The van der Waals surface area contributed by atoms with Crippen molar-refractivity contribution in [3.8, 4) is 5.75 Å². The Morgan fingerprint density at radius 1 is 1.42 bits per heavy atom. The molecule has 0 spiro atoms. The normalized spacial score (nSPS) is 12.9. The highest BCUT2D eigenvalue weighted by atomic mass is 16.5. The zero-order chi connectivity index (χ0) is 14.6. The number of carbonyl (C=O) groups excluding carboxylic acids is 1. The van der Waals surface area contributed by atoms with E-state index in [1.807, 2.05) is 25.1 Å². The van der Waals surface area contributed by atoms with Crippen LogP contribution in [0.5, 0.6) is 5.75 Å². The molecule has 0 fully saturated rings. The van der Waals surface area contributed by atoms with Crippen LogP contribution in [-0.2, 0) is 10.2 Å². The summed E-state index contributed by atoms with van der Waals surface area (Å²) in [5.41, 5.74) is 7.48. The maximum absolute atomic E-state index is 11.8. The van der Waals surface area contributed by atoms with Gasteiger partial charge in [-0.2, -0.15) is 0 Å². The number of hydrogen-bond donors (Lipinski definition) is 2. The standard InChI is InChI=1S/C15H24N2O2/c1-10(16)8-14(18)17-12-9-11(15(2,3)4)6-7-13(12)19-5/h6-7,9-10H,8,16H2,1-5H3,(H,17,18). The first-order valence-corrected chi connectivity index (χ1v) is 6.48. The van der Waals surface area contributed by atoms with Crippen molar-refractivity contribution in [2.24, 2.45) is 5.73 Å². The fourth-order valence-electron chi connectivity index (χ4n) is 1.77. The summed E-state index contributed by atoms with van der Waals surface area (Å²) in [5, 5.41) is 2.86. The van der Waals surface area contributed by atoms with Crippen LogP contribution in [0.15, 0.2) is 18.2 Å². The number of methoxy groups -OCH3 is 1. The van der Waals surface area contributed by atoms with Crippen molar-refractivity contribution in [2.45, 2.75) is 45.6 Å².